The lowest BCUT2D eigenvalue weighted by Gasteiger charge is -2.18. The number of hydrogen-bond acceptors (Lipinski definition) is 6. The summed E-state index contributed by atoms with van der Waals surface area (Å²) in [5.41, 5.74) is 0.307. The van der Waals surface area contributed by atoms with Crippen LogP contribution >= 0.6 is 11.5 Å². The lowest BCUT2D eigenvalue weighted by molar-refractivity contribution is 0.0984. The third-order valence-corrected chi connectivity index (χ3v) is 6.40. The van der Waals surface area contributed by atoms with Gasteiger partial charge in [0.2, 0.25) is 5.13 Å². The van der Waals surface area contributed by atoms with Crippen LogP contribution in [-0.4, -0.2) is 30.2 Å². The third-order valence-electron chi connectivity index (χ3n) is 4.35. The normalized spacial score (nSPS) is 13.4. The number of carbonyl (C=O) groups excluding carboxylic acids is 1. The summed E-state index contributed by atoms with van der Waals surface area (Å²) in [6.45, 7) is 0.139. The van der Waals surface area contributed by atoms with E-state index in [1.165, 1.54) is 29.4 Å². The summed E-state index contributed by atoms with van der Waals surface area (Å²) in [4.78, 5) is 17.6. The average Bonchev–Trinajstić information content (AvgIpc) is 3.34. The summed E-state index contributed by atoms with van der Waals surface area (Å²) < 4.78 is 71.5. The van der Waals surface area contributed by atoms with Gasteiger partial charge >= 0.3 is 0 Å². The fraction of sp³-hybridized carbons (Fsp3) is 0.118. The lowest BCUT2D eigenvalue weighted by Crippen LogP contribution is -2.30. The molecule has 0 saturated carbocycles. The zero-order chi connectivity index (χ0) is 20.8. The van der Waals surface area contributed by atoms with E-state index in [1.54, 1.807) is 0 Å². The van der Waals surface area contributed by atoms with Crippen LogP contribution in [0.4, 0.5) is 24.0 Å². The molecule has 1 amide bonds. The van der Waals surface area contributed by atoms with Gasteiger partial charge < -0.3 is 4.90 Å². The van der Waals surface area contributed by atoms with Crippen LogP contribution in [0.25, 0.3) is 0 Å². The van der Waals surface area contributed by atoms with E-state index in [1.807, 2.05) is 0 Å². The topological polar surface area (TPSA) is 92.3 Å². The van der Waals surface area contributed by atoms with Gasteiger partial charge in [-0.2, -0.15) is 4.37 Å². The molecule has 0 aliphatic carbocycles. The van der Waals surface area contributed by atoms with Gasteiger partial charge in [0.15, 0.2) is 17.5 Å². The van der Waals surface area contributed by atoms with Gasteiger partial charge in [-0.3, -0.25) is 9.52 Å². The predicted octanol–water partition coefficient (Wildman–Crippen LogP) is 2.96. The number of hydrogen-bond donors (Lipinski definition) is 1. The molecule has 2 aromatic carbocycles. The molecule has 1 aliphatic rings. The Balaban J connectivity index is 1.64. The fourth-order valence-corrected chi connectivity index (χ4v) is 4.70. The number of nitrogens with one attached hydrogen (secondary N) is 1. The van der Waals surface area contributed by atoms with Gasteiger partial charge in [0.05, 0.1) is 10.5 Å². The molecule has 0 spiro atoms. The second kappa shape index (κ2) is 7.12. The maximum absolute atomic E-state index is 14.0. The number of sulfonamides is 1. The Hall–Kier alpha value is -2.99. The summed E-state index contributed by atoms with van der Waals surface area (Å²) in [5, 5.41) is 0.108. The van der Waals surface area contributed by atoms with E-state index in [0.717, 1.165) is 17.6 Å². The second-order valence-corrected chi connectivity index (χ2v) is 8.53. The largest absolute Gasteiger partial charge is 0.308 e. The van der Waals surface area contributed by atoms with Gasteiger partial charge in [0, 0.05) is 23.8 Å². The van der Waals surface area contributed by atoms with Crippen molar-refractivity contribution in [1.82, 2.24) is 9.36 Å². The quantitative estimate of drug-likeness (QED) is 0.630. The molecule has 0 bridgehead atoms. The Morgan fingerprint density at radius 1 is 1.14 bits per heavy atom. The van der Waals surface area contributed by atoms with E-state index in [0.29, 0.717) is 23.7 Å². The monoisotopic (exact) mass is 440 g/mol. The van der Waals surface area contributed by atoms with Gasteiger partial charge in [-0.25, -0.2) is 26.6 Å². The molecule has 7 nitrogen and oxygen atoms in total. The first-order valence-electron chi connectivity index (χ1n) is 8.16. The highest BCUT2D eigenvalue weighted by Gasteiger charge is 2.30. The highest BCUT2D eigenvalue weighted by Crippen LogP contribution is 2.32. The number of anilines is 2. The average molecular weight is 440 g/mol. The van der Waals surface area contributed by atoms with Gasteiger partial charge in [-0.15, -0.1) is 0 Å². The number of rotatable bonds is 4. The third kappa shape index (κ3) is 3.44. The molecule has 0 fully saturated rings. The number of halogens is 3. The van der Waals surface area contributed by atoms with E-state index >= 15 is 0 Å². The van der Waals surface area contributed by atoms with Crippen LogP contribution in [0.1, 0.15) is 15.9 Å². The van der Waals surface area contributed by atoms with Crippen molar-refractivity contribution in [3.05, 3.63) is 65.2 Å². The van der Waals surface area contributed by atoms with Crippen molar-refractivity contribution in [3.63, 3.8) is 0 Å². The van der Waals surface area contributed by atoms with E-state index < -0.39 is 38.9 Å². The molecule has 1 N–H and O–H groups in total. The first kappa shape index (κ1) is 19.3. The second-order valence-electron chi connectivity index (χ2n) is 6.07. The molecule has 0 atom stereocenters. The first-order valence-corrected chi connectivity index (χ1v) is 10.4. The molecule has 1 aromatic heterocycles. The SMILES string of the molecule is O=C(c1ccc(F)c(F)c1F)N1CCc2cc(S(=O)(=O)Nc3ncns3)ccc21. The van der Waals surface area contributed by atoms with Crippen LogP contribution in [0.5, 0.6) is 0 Å². The van der Waals surface area contributed by atoms with E-state index in [-0.39, 0.29) is 16.6 Å². The highest BCUT2D eigenvalue weighted by molar-refractivity contribution is 7.93. The van der Waals surface area contributed by atoms with Crippen LogP contribution < -0.4 is 9.62 Å². The van der Waals surface area contributed by atoms with Gasteiger partial charge in [0.25, 0.3) is 15.9 Å². The predicted molar refractivity (Wildman–Crippen MR) is 98.9 cm³/mol. The van der Waals surface area contributed by atoms with Crippen LogP contribution in [0.15, 0.2) is 41.6 Å². The first-order chi connectivity index (χ1) is 13.8. The zero-order valence-electron chi connectivity index (χ0n) is 14.4. The minimum Gasteiger partial charge on any atom is -0.308 e. The minimum absolute atomic E-state index is 0.0419. The Bertz CT molecular complexity index is 1220. The molecule has 0 radical (unpaired) electrons. The standard InChI is InChI=1S/C17H11F3N4O3S2/c18-12-3-2-11(14(19)15(12)20)16(25)24-6-5-9-7-10(1-4-13(9)24)29(26,27)23-17-21-8-22-28-17/h1-4,7-8H,5-6H2,(H,21,22,23). The van der Waals surface area contributed by atoms with Crippen LogP contribution in [-0.2, 0) is 16.4 Å². The summed E-state index contributed by atoms with van der Waals surface area (Å²) in [6.07, 6.45) is 1.53. The molecule has 150 valence electrons. The lowest BCUT2D eigenvalue weighted by atomic mass is 10.1. The number of nitrogens with zero attached hydrogens (tertiary/aromatic N) is 3. The van der Waals surface area contributed by atoms with Crippen molar-refractivity contribution in [2.45, 2.75) is 11.3 Å². The Morgan fingerprint density at radius 2 is 1.93 bits per heavy atom. The number of aromatic nitrogens is 2. The van der Waals surface area contributed by atoms with Crippen LogP contribution in [0, 0.1) is 17.5 Å². The van der Waals surface area contributed by atoms with Crippen molar-refractivity contribution in [2.75, 3.05) is 16.2 Å². The smallest absolute Gasteiger partial charge is 0.263 e. The Kier molecular flexibility index (Phi) is 4.74. The number of fused-ring (bicyclic) bond motifs is 1. The summed E-state index contributed by atoms with van der Waals surface area (Å²) >= 11 is 0.878. The molecule has 0 unspecified atom stereocenters. The maximum atomic E-state index is 14.0. The number of amides is 1. The Morgan fingerprint density at radius 3 is 2.66 bits per heavy atom. The summed E-state index contributed by atoms with van der Waals surface area (Å²) in [5.74, 6) is -5.52. The van der Waals surface area contributed by atoms with Crippen molar-refractivity contribution >= 4 is 38.3 Å². The fourth-order valence-electron chi connectivity index (χ4n) is 2.98. The van der Waals surface area contributed by atoms with Gasteiger partial charge in [-0.1, -0.05) is 0 Å². The molecule has 12 heteroatoms. The summed E-state index contributed by atoms with van der Waals surface area (Å²) in [7, 11) is -3.91. The molecule has 1 aliphatic heterocycles. The number of benzene rings is 2. The van der Waals surface area contributed by atoms with Crippen LogP contribution in [0.2, 0.25) is 0 Å². The molecule has 3 aromatic rings. The van der Waals surface area contributed by atoms with Crippen molar-refractivity contribution < 1.29 is 26.4 Å². The van der Waals surface area contributed by atoms with Gasteiger partial charge in [-0.05, 0) is 42.3 Å². The van der Waals surface area contributed by atoms with Crippen molar-refractivity contribution in [3.8, 4) is 0 Å². The molecule has 2 heterocycles. The van der Waals surface area contributed by atoms with Crippen molar-refractivity contribution in [2.24, 2.45) is 0 Å². The molecule has 29 heavy (non-hydrogen) atoms. The van der Waals surface area contributed by atoms with Crippen molar-refractivity contribution in [1.29, 1.82) is 0 Å². The highest BCUT2D eigenvalue weighted by atomic mass is 32.2. The van der Waals surface area contributed by atoms with E-state index in [2.05, 4.69) is 14.1 Å². The minimum atomic E-state index is -3.91. The van der Waals surface area contributed by atoms with E-state index in [4.69, 9.17) is 0 Å². The Labute approximate surface area is 167 Å². The molecule has 0 saturated heterocycles. The summed E-state index contributed by atoms with van der Waals surface area (Å²) in [6, 6.07) is 5.64. The number of carbonyl (C=O) groups is 1. The van der Waals surface area contributed by atoms with Gasteiger partial charge in [0.1, 0.15) is 6.33 Å². The molecular formula is C17H11F3N4O3S2. The maximum Gasteiger partial charge on any atom is 0.263 e. The van der Waals surface area contributed by atoms with Crippen LogP contribution in [0.3, 0.4) is 0 Å². The molecular weight excluding hydrogens is 429 g/mol. The molecule has 4 rings (SSSR count). The zero-order valence-corrected chi connectivity index (χ0v) is 16.0. The van der Waals surface area contributed by atoms with E-state index in [9.17, 15) is 26.4 Å².